The summed E-state index contributed by atoms with van der Waals surface area (Å²) in [5.74, 6) is 0.502. The molecule has 0 saturated heterocycles. The molecule has 0 heterocycles. The average Bonchev–Trinajstić information content (AvgIpc) is 2.26. The molecule has 1 rings (SSSR count). The Bertz CT molecular complexity index is 388. The molecule has 0 spiro atoms. The van der Waals surface area contributed by atoms with Crippen molar-refractivity contribution in [2.75, 3.05) is 0 Å². The fraction of sp³-hybridized carbons (Fsp3) is 0.143. The zero-order valence-corrected chi connectivity index (χ0v) is 8.98. The summed E-state index contributed by atoms with van der Waals surface area (Å²) in [6.07, 6.45) is 5.61. The van der Waals surface area contributed by atoms with Crippen molar-refractivity contribution < 1.29 is 5.11 Å². The first kappa shape index (κ1) is 11.3. The molecule has 0 saturated carbocycles. The van der Waals surface area contributed by atoms with Crippen molar-refractivity contribution >= 4 is 0 Å². The maximum atomic E-state index is 9.63. The molecule has 1 aromatic carbocycles. The van der Waals surface area contributed by atoms with Crippen LogP contribution in [0.2, 0.25) is 0 Å². The number of hydrogen-bond acceptors (Lipinski definition) is 1. The second kappa shape index (κ2) is 5.20. The minimum atomic E-state index is 0.169. The lowest BCUT2D eigenvalue weighted by Crippen LogP contribution is -1.89. The molecule has 0 aliphatic rings. The molecule has 0 amide bonds. The van der Waals surface area contributed by atoms with Crippen LogP contribution in [0.3, 0.4) is 0 Å². The van der Waals surface area contributed by atoms with Crippen LogP contribution >= 0.6 is 0 Å². The number of phenols is 1. The molecule has 0 radical (unpaired) electrons. The molecule has 15 heavy (non-hydrogen) atoms. The number of hydrogen-bond donors (Lipinski definition) is 1. The predicted octanol–water partition coefficient (Wildman–Crippen LogP) is 3.79. The molecular weight excluding hydrogens is 184 g/mol. The van der Waals surface area contributed by atoms with Gasteiger partial charge in [-0.2, -0.15) is 0 Å². The van der Waals surface area contributed by atoms with Gasteiger partial charge in [-0.1, -0.05) is 56.5 Å². The number of phenolic OH excluding ortho intramolecular Hbond substituents is 1. The number of rotatable bonds is 4. The van der Waals surface area contributed by atoms with Gasteiger partial charge in [-0.3, -0.25) is 0 Å². The molecule has 0 aliphatic heterocycles. The monoisotopic (exact) mass is 200 g/mol. The first-order valence-electron chi connectivity index (χ1n) is 4.92. The van der Waals surface area contributed by atoms with Crippen molar-refractivity contribution in [3.05, 3.63) is 66.8 Å². The summed E-state index contributed by atoms with van der Waals surface area (Å²) in [7, 11) is 0. The van der Waals surface area contributed by atoms with E-state index < -0.39 is 0 Å². The quantitative estimate of drug-likeness (QED) is 0.733. The molecule has 1 unspecified atom stereocenters. The summed E-state index contributed by atoms with van der Waals surface area (Å²) in [5.41, 5.74) is 1.79. The van der Waals surface area contributed by atoms with E-state index >= 15 is 0 Å². The Morgan fingerprint density at radius 3 is 2.67 bits per heavy atom. The van der Waals surface area contributed by atoms with Gasteiger partial charge in [0.25, 0.3) is 0 Å². The summed E-state index contributed by atoms with van der Waals surface area (Å²) >= 11 is 0. The molecule has 0 aliphatic carbocycles. The lowest BCUT2D eigenvalue weighted by molar-refractivity contribution is 0.466. The van der Waals surface area contributed by atoms with E-state index in [-0.39, 0.29) is 5.92 Å². The fourth-order valence-electron chi connectivity index (χ4n) is 1.31. The molecule has 78 valence electrons. The maximum Gasteiger partial charge on any atom is 0.119 e. The van der Waals surface area contributed by atoms with Crippen LogP contribution in [0.25, 0.3) is 0 Å². The van der Waals surface area contributed by atoms with Crippen molar-refractivity contribution in [1.29, 1.82) is 0 Å². The number of para-hydroxylation sites is 1. The molecule has 0 bridgehead atoms. The van der Waals surface area contributed by atoms with E-state index in [2.05, 4.69) is 13.2 Å². The van der Waals surface area contributed by atoms with Crippen LogP contribution < -0.4 is 0 Å². The highest BCUT2D eigenvalue weighted by Gasteiger charge is 2.05. The summed E-state index contributed by atoms with van der Waals surface area (Å²) in [4.78, 5) is 0. The smallest absolute Gasteiger partial charge is 0.119 e. The third-order valence-electron chi connectivity index (χ3n) is 2.29. The van der Waals surface area contributed by atoms with Gasteiger partial charge in [0.15, 0.2) is 0 Å². The Balaban J connectivity index is 2.82. The summed E-state index contributed by atoms with van der Waals surface area (Å²) in [6.45, 7) is 9.45. The van der Waals surface area contributed by atoms with E-state index in [0.717, 1.165) is 11.1 Å². The van der Waals surface area contributed by atoms with Crippen LogP contribution in [0.15, 0.2) is 61.2 Å². The summed E-state index contributed by atoms with van der Waals surface area (Å²) < 4.78 is 0. The highest BCUT2D eigenvalue weighted by Crippen LogP contribution is 2.26. The lowest BCUT2D eigenvalue weighted by Gasteiger charge is -2.08. The third-order valence-corrected chi connectivity index (χ3v) is 2.29. The van der Waals surface area contributed by atoms with E-state index in [4.69, 9.17) is 0 Å². The van der Waals surface area contributed by atoms with Gasteiger partial charge in [-0.15, -0.1) is 0 Å². The van der Waals surface area contributed by atoms with Crippen LogP contribution in [-0.2, 0) is 0 Å². The minimum Gasteiger partial charge on any atom is -0.508 e. The second-order valence-electron chi connectivity index (χ2n) is 3.49. The van der Waals surface area contributed by atoms with Gasteiger partial charge in [0, 0.05) is 11.5 Å². The van der Waals surface area contributed by atoms with Gasteiger partial charge < -0.3 is 5.11 Å². The van der Waals surface area contributed by atoms with Crippen LogP contribution in [0.5, 0.6) is 5.75 Å². The van der Waals surface area contributed by atoms with Gasteiger partial charge in [0.1, 0.15) is 5.75 Å². The molecule has 0 aromatic heterocycles. The number of allylic oxidation sites excluding steroid dienone is 4. The van der Waals surface area contributed by atoms with Crippen molar-refractivity contribution in [2.24, 2.45) is 0 Å². The number of benzene rings is 1. The molecule has 1 nitrogen and oxygen atoms in total. The summed E-state index contributed by atoms with van der Waals surface area (Å²) in [6, 6.07) is 7.35. The van der Waals surface area contributed by atoms with Gasteiger partial charge in [0.2, 0.25) is 0 Å². The van der Waals surface area contributed by atoms with Gasteiger partial charge in [-0.05, 0) is 11.6 Å². The van der Waals surface area contributed by atoms with E-state index in [0.29, 0.717) is 5.75 Å². The Kier molecular flexibility index (Phi) is 3.92. The zero-order valence-electron chi connectivity index (χ0n) is 8.98. The Morgan fingerprint density at radius 1 is 1.40 bits per heavy atom. The molecular formula is C14H16O. The maximum absolute atomic E-state index is 9.63. The second-order valence-corrected chi connectivity index (χ2v) is 3.49. The molecule has 1 N–H and O–H groups in total. The Labute approximate surface area is 91.1 Å². The number of aromatic hydroxyl groups is 1. The largest absolute Gasteiger partial charge is 0.508 e. The molecule has 0 fully saturated rings. The zero-order chi connectivity index (χ0) is 11.3. The van der Waals surface area contributed by atoms with Gasteiger partial charge in [0.05, 0.1) is 0 Å². The predicted molar refractivity (Wildman–Crippen MR) is 65.0 cm³/mol. The standard InChI is InChI=1S/C14H16O/c1-4-11(2)9-10-12(3)13-7-5-6-8-14(13)15/h4-10,12,15H,1-2H2,3H3/b10-9-. The van der Waals surface area contributed by atoms with Crippen LogP contribution in [-0.4, -0.2) is 5.11 Å². The van der Waals surface area contributed by atoms with Crippen LogP contribution in [0, 0.1) is 0 Å². The van der Waals surface area contributed by atoms with E-state index in [1.54, 1.807) is 12.1 Å². The minimum absolute atomic E-state index is 0.169. The molecule has 1 heteroatoms. The lowest BCUT2D eigenvalue weighted by atomic mass is 9.99. The van der Waals surface area contributed by atoms with Gasteiger partial charge >= 0.3 is 0 Å². The highest BCUT2D eigenvalue weighted by molar-refractivity contribution is 5.38. The topological polar surface area (TPSA) is 20.2 Å². The summed E-state index contributed by atoms with van der Waals surface area (Å²) in [5, 5.41) is 9.63. The fourth-order valence-corrected chi connectivity index (χ4v) is 1.31. The Morgan fingerprint density at radius 2 is 2.07 bits per heavy atom. The van der Waals surface area contributed by atoms with Crippen LogP contribution in [0.1, 0.15) is 18.4 Å². The van der Waals surface area contributed by atoms with Crippen LogP contribution in [0.4, 0.5) is 0 Å². The SMILES string of the molecule is C=CC(=C)/C=C\C(C)c1ccccc1O. The van der Waals surface area contributed by atoms with Gasteiger partial charge in [-0.25, -0.2) is 0 Å². The normalized spacial score (nSPS) is 12.6. The first-order valence-corrected chi connectivity index (χ1v) is 4.92. The van der Waals surface area contributed by atoms with Crippen molar-refractivity contribution in [2.45, 2.75) is 12.8 Å². The third kappa shape index (κ3) is 3.13. The average molecular weight is 200 g/mol. The van der Waals surface area contributed by atoms with Crippen molar-refractivity contribution in [3.8, 4) is 5.75 Å². The van der Waals surface area contributed by atoms with E-state index in [1.807, 2.05) is 37.3 Å². The highest BCUT2D eigenvalue weighted by atomic mass is 16.3. The van der Waals surface area contributed by atoms with E-state index in [9.17, 15) is 5.11 Å². The first-order chi connectivity index (χ1) is 7.15. The van der Waals surface area contributed by atoms with Crippen molar-refractivity contribution in [1.82, 2.24) is 0 Å². The molecule has 1 aromatic rings. The molecule has 1 atom stereocenters. The Hall–Kier alpha value is -1.76. The van der Waals surface area contributed by atoms with E-state index in [1.165, 1.54) is 0 Å². The van der Waals surface area contributed by atoms with Crippen molar-refractivity contribution in [3.63, 3.8) is 0 Å².